The summed E-state index contributed by atoms with van der Waals surface area (Å²) in [7, 11) is 0. The summed E-state index contributed by atoms with van der Waals surface area (Å²) in [4.78, 5) is 1.41. The summed E-state index contributed by atoms with van der Waals surface area (Å²) < 4.78 is 36.0. The lowest BCUT2D eigenvalue weighted by Gasteiger charge is -2.21. The van der Waals surface area contributed by atoms with Crippen LogP contribution in [0.4, 0.5) is 13.2 Å². The van der Waals surface area contributed by atoms with Crippen LogP contribution in [0.5, 0.6) is 0 Å². The van der Waals surface area contributed by atoms with Crippen molar-refractivity contribution in [2.75, 3.05) is 32.7 Å². The molecule has 2 nitrogen and oxygen atoms in total. The zero-order valence-electron chi connectivity index (χ0n) is 8.82. The molecule has 0 saturated heterocycles. The van der Waals surface area contributed by atoms with Gasteiger partial charge in [0, 0.05) is 0 Å². The van der Waals surface area contributed by atoms with Gasteiger partial charge in [-0.05, 0) is 32.6 Å². The Morgan fingerprint density at radius 3 is 2.29 bits per heavy atom. The van der Waals surface area contributed by atoms with Gasteiger partial charge in [-0.1, -0.05) is 13.8 Å². The summed E-state index contributed by atoms with van der Waals surface area (Å²) in [5, 5.41) is 3.08. The van der Waals surface area contributed by atoms with E-state index in [-0.39, 0.29) is 0 Å². The molecule has 0 amide bonds. The van der Waals surface area contributed by atoms with Gasteiger partial charge in [0.2, 0.25) is 0 Å². The first-order valence-electron chi connectivity index (χ1n) is 4.99. The molecule has 0 aliphatic heterocycles. The Balaban J connectivity index is 3.58. The van der Waals surface area contributed by atoms with Crippen molar-refractivity contribution in [1.29, 1.82) is 0 Å². The van der Waals surface area contributed by atoms with Crippen LogP contribution in [0.1, 0.15) is 20.3 Å². The number of hydrogen-bond acceptors (Lipinski definition) is 2. The third-order valence-corrected chi connectivity index (χ3v) is 1.93. The first-order chi connectivity index (χ1) is 6.49. The molecule has 0 rings (SSSR count). The van der Waals surface area contributed by atoms with Gasteiger partial charge in [-0.15, -0.1) is 0 Å². The van der Waals surface area contributed by atoms with Gasteiger partial charge in [0.15, 0.2) is 0 Å². The van der Waals surface area contributed by atoms with Gasteiger partial charge >= 0.3 is 6.18 Å². The maximum atomic E-state index is 12.0. The van der Waals surface area contributed by atoms with Gasteiger partial charge in [-0.25, -0.2) is 0 Å². The van der Waals surface area contributed by atoms with E-state index in [0.717, 1.165) is 19.5 Å². The van der Waals surface area contributed by atoms with E-state index in [1.165, 1.54) is 4.90 Å². The molecular formula is C9H19F3N2. The van der Waals surface area contributed by atoms with E-state index in [2.05, 4.69) is 5.32 Å². The molecule has 0 saturated carbocycles. The molecule has 0 radical (unpaired) electrons. The third-order valence-electron chi connectivity index (χ3n) is 1.93. The molecule has 0 aromatic heterocycles. The van der Waals surface area contributed by atoms with Crippen molar-refractivity contribution in [3.8, 4) is 0 Å². The van der Waals surface area contributed by atoms with Crippen molar-refractivity contribution in [2.45, 2.75) is 26.4 Å². The Hall–Kier alpha value is -0.290. The molecule has 5 heteroatoms. The predicted molar refractivity (Wildman–Crippen MR) is 51.3 cm³/mol. The average Bonchev–Trinajstić information content (AvgIpc) is 2.08. The topological polar surface area (TPSA) is 15.3 Å². The van der Waals surface area contributed by atoms with Crippen LogP contribution in [0.3, 0.4) is 0 Å². The van der Waals surface area contributed by atoms with Crippen LogP contribution in [0.25, 0.3) is 0 Å². The van der Waals surface area contributed by atoms with Crippen molar-refractivity contribution in [1.82, 2.24) is 10.2 Å². The predicted octanol–water partition coefficient (Wildman–Crippen LogP) is 1.87. The lowest BCUT2D eigenvalue weighted by atomic mass is 10.3. The van der Waals surface area contributed by atoms with E-state index in [9.17, 15) is 13.2 Å². The van der Waals surface area contributed by atoms with Crippen LogP contribution in [-0.2, 0) is 0 Å². The zero-order valence-corrected chi connectivity index (χ0v) is 8.82. The highest BCUT2D eigenvalue weighted by molar-refractivity contribution is 4.62. The van der Waals surface area contributed by atoms with Crippen LogP contribution in [0.2, 0.25) is 0 Å². The van der Waals surface area contributed by atoms with E-state index in [1.807, 2.05) is 6.92 Å². The van der Waals surface area contributed by atoms with Gasteiger partial charge < -0.3 is 5.32 Å². The fourth-order valence-electron chi connectivity index (χ4n) is 1.21. The first kappa shape index (κ1) is 13.7. The van der Waals surface area contributed by atoms with Crippen LogP contribution >= 0.6 is 0 Å². The highest BCUT2D eigenvalue weighted by Gasteiger charge is 2.29. The Bertz CT molecular complexity index is 137. The van der Waals surface area contributed by atoms with E-state index in [0.29, 0.717) is 13.1 Å². The van der Waals surface area contributed by atoms with Crippen molar-refractivity contribution in [2.24, 2.45) is 0 Å². The van der Waals surface area contributed by atoms with E-state index >= 15 is 0 Å². The van der Waals surface area contributed by atoms with Gasteiger partial charge in [0.05, 0.1) is 6.54 Å². The number of halogens is 3. The van der Waals surface area contributed by atoms with Crippen molar-refractivity contribution >= 4 is 0 Å². The summed E-state index contributed by atoms with van der Waals surface area (Å²) in [6.45, 7) is 5.53. The highest BCUT2D eigenvalue weighted by atomic mass is 19.4. The summed E-state index contributed by atoms with van der Waals surface area (Å²) in [5.74, 6) is 0. The highest BCUT2D eigenvalue weighted by Crippen LogP contribution is 2.16. The second kappa shape index (κ2) is 7.06. The van der Waals surface area contributed by atoms with Crippen LogP contribution in [0.15, 0.2) is 0 Å². The first-order valence-corrected chi connectivity index (χ1v) is 4.99. The van der Waals surface area contributed by atoms with Gasteiger partial charge in [0.25, 0.3) is 0 Å². The molecule has 0 aromatic rings. The van der Waals surface area contributed by atoms with Crippen LogP contribution in [0, 0.1) is 0 Å². The lowest BCUT2D eigenvalue weighted by Crippen LogP contribution is -2.35. The smallest absolute Gasteiger partial charge is 0.317 e. The molecular weight excluding hydrogens is 193 g/mol. The number of rotatable bonds is 7. The second-order valence-electron chi connectivity index (χ2n) is 3.19. The molecule has 0 aromatic carbocycles. The largest absolute Gasteiger partial charge is 0.401 e. The van der Waals surface area contributed by atoms with Crippen molar-refractivity contribution in [3.05, 3.63) is 0 Å². The van der Waals surface area contributed by atoms with E-state index < -0.39 is 12.7 Å². The third kappa shape index (κ3) is 8.31. The fourth-order valence-corrected chi connectivity index (χ4v) is 1.21. The normalized spacial score (nSPS) is 12.4. The molecule has 0 unspecified atom stereocenters. The Kier molecular flexibility index (Phi) is 6.92. The summed E-state index contributed by atoms with van der Waals surface area (Å²) >= 11 is 0. The summed E-state index contributed by atoms with van der Waals surface area (Å²) in [5.41, 5.74) is 0. The van der Waals surface area contributed by atoms with E-state index in [1.54, 1.807) is 6.92 Å². The Labute approximate surface area is 83.5 Å². The zero-order chi connectivity index (χ0) is 11.0. The molecule has 0 heterocycles. The number of alkyl halides is 3. The standard InChI is InChI=1S/C9H19F3N2/c1-3-13-6-5-7-14(4-2)8-9(10,11)12/h13H,3-8H2,1-2H3. The molecule has 0 spiro atoms. The number of nitrogens with zero attached hydrogens (tertiary/aromatic N) is 1. The number of hydrogen-bond donors (Lipinski definition) is 1. The molecule has 0 atom stereocenters. The summed E-state index contributed by atoms with van der Waals surface area (Å²) in [6.07, 6.45) is -3.31. The molecule has 0 aliphatic rings. The molecule has 0 bridgehead atoms. The molecule has 14 heavy (non-hydrogen) atoms. The fraction of sp³-hybridized carbons (Fsp3) is 1.00. The summed E-state index contributed by atoms with van der Waals surface area (Å²) in [6, 6.07) is 0. The minimum Gasteiger partial charge on any atom is -0.317 e. The van der Waals surface area contributed by atoms with Gasteiger partial charge in [0.1, 0.15) is 0 Å². The SMILES string of the molecule is CCNCCCN(CC)CC(F)(F)F. The average molecular weight is 212 g/mol. The Morgan fingerprint density at radius 2 is 1.86 bits per heavy atom. The quantitative estimate of drug-likeness (QED) is 0.648. The number of nitrogens with one attached hydrogen (secondary N) is 1. The van der Waals surface area contributed by atoms with Crippen molar-refractivity contribution in [3.63, 3.8) is 0 Å². The lowest BCUT2D eigenvalue weighted by molar-refractivity contribution is -0.145. The van der Waals surface area contributed by atoms with Gasteiger partial charge in [-0.3, -0.25) is 4.90 Å². The molecule has 0 fully saturated rings. The van der Waals surface area contributed by atoms with Crippen LogP contribution in [-0.4, -0.2) is 43.8 Å². The van der Waals surface area contributed by atoms with Gasteiger partial charge in [-0.2, -0.15) is 13.2 Å². The minimum atomic E-state index is -4.08. The monoisotopic (exact) mass is 212 g/mol. The molecule has 0 aliphatic carbocycles. The minimum absolute atomic E-state index is 0.450. The second-order valence-corrected chi connectivity index (χ2v) is 3.19. The Morgan fingerprint density at radius 1 is 1.21 bits per heavy atom. The molecule has 86 valence electrons. The maximum Gasteiger partial charge on any atom is 0.401 e. The molecule has 1 N–H and O–H groups in total. The van der Waals surface area contributed by atoms with E-state index in [4.69, 9.17) is 0 Å². The maximum absolute atomic E-state index is 12.0. The van der Waals surface area contributed by atoms with Crippen molar-refractivity contribution < 1.29 is 13.2 Å². The van der Waals surface area contributed by atoms with Crippen LogP contribution < -0.4 is 5.32 Å².